The van der Waals surface area contributed by atoms with Crippen molar-refractivity contribution in [1.29, 1.82) is 0 Å². The number of carboxylic acids is 1. The van der Waals surface area contributed by atoms with E-state index in [4.69, 9.17) is 19.4 Å². The quantitative estimate of drug-likeness (QED) is 0.301. The van der Waals surface area contributed by atoms with Crippen LogP contribution in [0.15, 0.2) is 24.5 Å². The molecule has 2 atom stereocenters. The SMILES string of the molecule is Cc1c(C(=O)NC2CCCNCC2)sc2ncnc(Nc3ccc(F)cc3O[C@@H]3CCOC3)c12.O=C(O)C(F)(F)F. The van der Waals surface area contributed by atoms with Crippen LogP contribution in [0.2, 0.25) is 0 Å². The van der Waals surface area contributed by atoms with Gasteiger partial charge in [-0.1, -0.05) is 0 Å². The van der Waals surface area contributed by atoms with Crippen molar-refractivity contribution in [2.24, 2.45) is 0 Å². The summed E-state index contributed by atoms with van der Waals surface area (Å²) in [6, 6.07) is 4.53. The molecule has 41 heavy (non-hydrogen) atoms. The first-order chi connectivity index (χ1) is 19.5. The van der Waals surface area contributed by atoms with E-state index in [0.717, 1.165) is 54.6 Å². The molecule has 0 radical (unpaired) electrons. The summed E-state index contributed by atoms with van der Waals surface area (Å²) in [4.78, 5) is 32.2. The third-order valence-corrected chi connectivity index (χ3v) is 7.66. The molecule has 3 aromatic rings. The minimum Gasteiger partial charge on any atom is -0.486 e. The van der Waals surface area contributed by atoms with Crippen LogP contribution >= 0.6 is 11.3 Å². The van der Waals surface area contributed by atoms with Gasteiger partial charge < -0.3 is 30.5 Å². The molecule has 2 aliphatic heterocycles. The number of fused-ring (bicyclic) bond motifs is 1. The van der Waals surface area contributed by atoms with Gasteiger partial charge in [-0.25, -0.2) is 19.2 Å². The van der Waals surface area contributed by atoms with Crippen LogP contribution in [0.1, 0.15) is 40.9 Å². The summed E-state index contributed by atoms with van der Waals surface area (Å²) >= 11 is 1.36. The zero-order valence-electron chi connectivity index (χ0n) is 22.0. The predicted octanol–water partition coefficient (Wildman–Crippen LogP) is 4.56. The fourth-order valence-electron chi connectivity index (χ4n) is 4.41. The van der Waals surface area contributed by atoms with Crippen molar-refractivity contribution in [2.45, 2.75) is 50.9 Å². The molecule has 0 aliphatic carbocycles. The summed E-state index contributed by atoms with van der Waals surface area (Å²) in [5.41, 5.74) is 1.41. The van der Waals surface area contributed by atoms with Crippen molar-refractivity contribution in [1.82, 2.24) is 20.6 Å². The number of nitrogens with zero attached hydrogens (tertiary/aromatic N) is 2. The number of carbonyl (C=O) groups excluding carboxylic acids is 1. The van der Waals surface area contributed by atoms with Gasteiger partial charge in [0.05, 0.1) is 29.2 Å². The summed E-state index contributed by atoms with van der Waals surface area (Å²) in [6.45, 7) is 4.92. The molecular formula is C26H29F4N5O5S. The second kappa shape index (κ2) is 13.4. The highest BCUT2D eigenvalue weighted by Crippen LogP contribution is 2.37. The lowest BCUT2D eigenvalue weighted by Crippen LogP contribution is -2.35. The molecule has 1 aromatic carbocycles. The Labute approximate surface area is 236 Å². The van der Waals surface area contributed by atoms with Gasteiger partial charge in [0.25, 0.3) is 5.91 Å². The van der Waals surface area contributed by atoms with E-state index in [9.17, 15) is 22.4 Å². The Morgan fingerprint density at radius 3 is 2.68 bits per heavy atom. The van der Waals surface area contributed by atoms with Crippen LogP contribution in [-0.2, 0) is 9.53 Å². The molecule has 1 unspecified atom stereocenters. The van der Waals surface area contributed by atoms with Crippen LogP contribution in [0.25, 0.3) is 10.2 Å². The van der Waals surface area contributed by atoms with E-state index >= 15 is 0 Å². The van der Waals surface area contributed by atoms with E-state index < -0.39 is 12.1 Å². The van der Waals surface area contributed by atoms with E-state index in [1.165, 1.54) is 29.8 Å². The predicted molar refractivity (Wildman–Crippen MR) is 143 cm³/mol. The van der Waals surface area contributed by atoms with Gasteiger partial charge >= 0.3 is 12.1 Å². The molecule has 4 heterocycles. The number of carboxylic acid groups (broad SMARTS) is 1. The molecule has 2 aromatic heterocycles. The maximum absolute atomic E-state index is 14.0. The van der Waals surface area contributed by atoms with E-state index in [1.807, 2.05) is 6.92 Å². The molecule has 2 fully saturated rings. The summed E-state index contributed by atoms with van der Waals surface area (Å²) < 4.78 is 57.1. The number of alkyl halides is 3. The monoisotopic (exact) mass is 599 g/mol. The molecule has 0 spiro atoms. The Bertz CT molecular complexity index is 1370. The maximum Gasteiger partial charge on any atom is 0.490 e. The smallest absolute Gasteiger partial charge is 0.486 e. The average Bonchev–Trinajstić information content (AvgIpc) is 3.46. The normalized spacial score (nSPS) is 19.1. The molecule has 222 valence electrons. The lowest BCUT2D eigenvalue weighted by Gasteiger charge is -2.17. The molecule has 0 bridgehead atoms. The number of aryl methyl sites for hydroxylation is 1. The van der Waals surface area contributed by atoms with Gasteiger partial charge in [0.1, 0.15) is 34.6 Å². The Morgan fingerprint density at radius 1 is 1.20 bits per heavy atom. The molecule has 10 nitrogen and oxygen atoms in total. The lowest BCUT2D eigenvalue weighted by atomic mass is 10.1. The summed E-state index contributed by atoms with van der Waals surface area (Å²) in [5.74, 6) is -2.27. The zero-order chi connectivity index (χ0) is 29.6. The molecule has 2 saturated heterocycles. The number of anilines is 2. The van der Waals surface area contributed by atoms with E-state index in [-0.39, 0.29) is 23.9 Å². The molecule has 1 amide bonds. The van der Waals surface area contributed by atoms with Crippen molar-refractivity contribution in [3.63, 3.8) is 0 Å². The van der Waals surface area contributed by atoms with Crippen LogP contribution in [0.3, 0.4) is 0 Å². The third-order valence-electron chi connectivity index (χ3n) is 6.46. The molecule has 2 aliphatic rings. The number of aliphatic carboxylic acids is 1. The van der Waals surface area contributed by atoms with Crippen molar-refractivity contribution in [3.05, 3.63) is 40.8 Å². The average molecular weight is 600 g/mol. The Morgan fingerprint density at radius 2 is 1.98 bits per heavy atom. The number of hydrogen-bond acceptors (Lipinski definition) is 9. The van der Waals surface area contributed by atoms with Crippen molar-refractivity contribution < 1.29 is 41.7 Å². The first kappa shape index (κ1) is 30.4. The molecular weight excluding hydrogens is 570 g/mol. The number of amides is 1. The molecule has 0 saturated carbocycles. The van der Waals surface area contributed by atoms with Crippen molar-refractivity contribution in [2.75, 3.05) is 31.6 Å². The van der Waals surface area contributed by atoms with Gasteiger partial charge in [0.15, 0.2) is 0 Å². The van der Waals surface area contributed by atoms with E-state index in [0.29, 0.717) is 35.3 Å². The number of rotatable bonds is 6. The number of benzene rings is 1. The van der Waals surface area contributed by atoms with Gasteiger partial charge in [-0.2, -0.15) is 13.2 Å². The fourth-order valence-corrected chi connectivity index (χ4v) is 5.46. The Balaban J connectivity index is 0.000000493. The van der Waals surface area contributed by atoms with Crippen molar-refractivity contribution >= 4 is 44.9 Å². The molecule has 15 heteroatoms. The minimum absolute atomic E-state index is 0.0783. The van der Waals surface area contributed by atoms with Crippen molar-refractivity contribution in [3.8, 4) is 5.75 Å². The number of thiophene rings is 1. The van der Waals surface area contributed by atoms with Crippen LogP contribution in [-0.4, -0.2) is 71.6 Å². The topological polar surface area (TPSA) is 135 Å². The van der Waals surface area contributed by atoms with Gasteiger partial charge in [-0.05, 0) is 57.0 Å². The Kier molecular flexibility index (Phi) is 9.94. The van der Waals surface area contributed by atoms with Gasteiger partial charge in [-0.3, -0.25) is 4.79 Å². The summed E-state index contributed by atoms with van der Waals surface area (Å²) in [5, 5.41) is 17.7. The molecule has 5 rings (SSSR count). The zero-order valence-corrected chi connectivity index (χ0v) is 22.8. The summed E-state index contributed by atoms with van der Waals surface area (Å²) in [6.07, 6.45) is -0.0485. The summed E-state index contributed by atoms with van der Waals surface area (Å²) in [7, 11) is 0. The number of aromatic nitrogens is 2. The highest BCUT2D eigenvalue weighted by molar-refractivity contribution is 7.20. The molecule has 4 N–H and O–H groups in total. The number of carbonyl (C=O) groups is 2. The van der Waals surface area contributed by atoms with Crippen LogP contribution < -0.4 is 20.7 Å². The Hall–Kier alpha value is -3.56. The van der Waals surface area contributed by atoms with Crippen LogP contribution in [0.5, 0.6) is 5.75 Å². The fraction of sp³-hybridized carbons (Fsp3) is 0.462. The standard InChI is InChI=1S/C24H28FN5O3S.C2HF3O2/c1-14-20-22(30-18-5-4-15(25)11-19(18)33-17-7-10-32-12-17)27-13-28-24(20)34-21(14)23(31)29-16-3-2-8-26-9-6-16;3-2(4,5)1(6)7/h4-5,11,13,16-17,26H,2-3,6-10,12H2,1H3,(H,29,31)(H,27,28,30);(H,6,7)/t16?,17-;/m1./s1. The van der Waals surface area contributed by atoms with E-state index in [2.05, 4.69) is 25.9 Å². The van der Waals surface area contributed by atoms with Gasteiger partial charge in [0, 0.05) is 18.5 Å². The largest absolute Gasteiger partial charge is 0.490 e. The maximum atomic E-state index is 14.0. The van der Waals surface area contributed by atoms with Crippen LogP contribution in [0.4, 0.5) is 29.1 Å². The first-order valence-corrected chi connectivity index (χ1v) is 13.7. The highest BCUT2D eigenvalue weighted by Gasteiger charge is 2.38. The number of ether oxygens (including phenoxy) is 2. The number of hydrogen-bond donors (Lipinski definition) is 4. The van der Waals surface area contributed by atoms with Gasteiger partial charge in [-0.15, -0.1) is 11.3 Å². The second-order valence-corrected chi connectivity index (χ2v) is 10.5. The number of halogens is 4. The lowest BCUT2D eigenvalue weighted by molar-refractivity contribution is -0.192. The van der Waals surface area contributed by atoms with E-state index in [1.54, 1.807) is 6.07 Å². The second-order valence-electron chi connectivity index (χ2n) is 9.48. The third kappa shape index (κ3) is 8.01. The minimum atomic E-state index is -5.08. The highest BCUT2D eigenvalue weighted by atomic mass is 32.1. The first-order valence-electron chi connectivity index (χ1n) is 12.9. The van der Waals surface area contributed by atoms with Gasteiger partial charge in [0.2, 0.25) is 0 Å². The number of nitrogens with one attached hydrogen (secondary N) is 3. The van der Waals surface area contributed by atoms with Crippen LogP contribution in [0, 0.1) is 12.7 Å².